The van der Waals surface area contributed by atoms with Crippen LogP contribution in [0.15, 0.2) is 6.20 Å². The summed E-state index contributed by atoms with van der Waals surface area (Å²) >= 11 is 0. The number of rotatable bonds is 3. The SMILES string of the molecule is Cc1ncc(C(=O)N2CC(C)CC(C(=O)O)C2)c(C(C)C)n1. The number of carboxylic acid groups (broad SMARTS) is 1. The van der Waals surface area contributed by atoms with Gasteiger partial charge in [-0.25, -0.2) is 9.97 Å². The Kier molecular flexibility index (Phi) is 4.78. The van der Waals surface area contributed by atoms with Crippen molar-refractivity contribution < 1.29 is 14.7 Å². The van der Waals surface area contributed by atoms with Crippen LogP contribution in [0.4, 0.5) is 0 Å². The van der Waals surface area contributed by atoms with Gasteiger partial charge in [-0.15, -0.1) is 0 Å². The van der Waals surface area contributed by atoms with Crippen molar-refractivity contribution in [1.29, 1.82) is 0 Å². The molecule has 0 aliphatic carbocycles. The summed E-state index contributed by atoms with van der Waals surface area (Å²) in [5, 5.41) is 9.24. The number of piperidine rings is 1. The van der Waals surface area contributed by atoms with E-state index in [-0.39, 0.29) is 24.3 Å². The van der Waals surface area contributed by atoms with Gasteiger partial charge in [0.05, 0.1) is 17.2 Å². The number of carbonyl (C=O) groups excluding carboxylic acids is 1. The lowest BCUT2D eigenvalue weighted by Gasteiger charge is -2.35. The molecule has 2 unspecified atom stereocenters. The smallest absolute Gasteiger partial charge is 0.308 e. The molecule has 6 nitrogen and oxygen atoms in total. The van der Waals surface area contributed by atoms with E-state index in [9.17, 15) is 14.7 Å². The lowest BCUT2D eigenvalue weighted by Crippen LogP contribution is -2.45. The minimum Gasteiger partial charge on any atom is -0.481 e. The number of hydrogen-bond donors (Lipinski definition) is 1. The van der Waals surface area contributed by atoms with Crippen molar-refractivity contribution >= 4 is 11.9 Å². The molecule has 0 radical (unpaired) electrons. The Hall–Kier alpha value is -1.98. The van der Waals surface area contributed by atoms with Crippen LogP contribution in [0.2, 0.25) is 0 Å². The van der Waals surface area contributed by atoms with E-state index < -0.39 is 11.9 Å². The Morgan fingerprint density at radius 3 is 2.64 bits per heavy atom. The normalized spacial score (nSPS) is 22.0. The Bertz CT molecular complexity index is 586. The van der Waals surface area contributed by atoms with Gasteiger partial charge in [0.15, 0.2) is 0 Å². The summed E-state index contributed by atoms with van der Waals surface area (Å²) in [4.78, 5) is 34.2. The minimum atomic E-state index is -0.839. The van der Waals surface area contributed by atoms with Crippen LogP contribution in [-0.2, 0) is 4.79 Å². The second-order valence-corrected chi connectivity index (χ2v) is 6.46. The van der Waals surface area contributed by atoms with E-state index in [1.165, 1.54) is 0 Å². The predicted molar refractivity (Wildman–Crippen MR) is 81.7 cm³/mol. The molecule has 1 saturated heterocycles. The van der Waals surface area contributed by atoms with E-state index in [1.807, 2.05) is 20.8 Å². The number of aryl methyl sites for hydroxylation is 1. The molecule has 0 aromatic carbocycles. The number of carbonyl (C=O) groups is 2. The number of aromatic nitrogens is 2. The van der Waals surface area contributed by atoms with Crippen molar-refractivity contribution in [3.05, 3.63) is 23.3 Å². The molecule has 1 amide bonds. The fourth-order valence-corrected chi connectivity index (χ4v) is 2.96. The molecular formula is C16H23N3O3. The van der Waals surface area contributed by atoms with Crippen LogP contribution in [0.5, 0.6) is 0 Å². The van der Waals surface area contributed by atoms with Crippen LogP contribution in [0.25, 0.3) is 0 Å². The zero-order valence-electron chi connectivity index (χ0n) is 13.5. The molecule has 22 heavy (non-hydrogen) atoms. The molecule has 2 rings (SSSR count). The summed E-state index contributed by atoms with van der Waals surface area (Å²) in [6.45, 7) is 8.57. The fourth-order valence-electron chi connectivity index (χ4n) is 2.96. The van der Waals surface area contributed by atoms with Gasteiger partial charge in [0, 0.05) is 19.3 Å². The van der Waals surface area contributed by atoms with Gasteiger partial charge in [-0.05, 0) is 25.2 Å². The monoisotopic (exact) mass is 305 g/mol. The first-order valence-corrected chi connectivity index (χ1v) is 7.65. The fraction of sp³-hybridized carbons (Fsp3) is 0.625. The number of amides is 1. The molecule has 6 heteroatoms. The highest BCUT2D eigenvalue weighted by molar-refractivity contribution is 5.95. The van der Waals surface area contributed by atoms with E-state index in [0.717, 1.165) is 5.69 Å². The van der Waals surface area contributed by atoms with Crippen molar-refractivity contribution in [1.82, 2.24) is 14.9 Å². The number of likely N-dealkylation sites (tertiary alicyclic amines) is 1. The molecular weight excluding hydrogens is 282 g/mol. The number of nitrogens with zero attached hydrogens (tertiary/aromatic N) is 3. The van der Waals surface area contributed by atoms with Crippen LogP contribution in [0.3, 0.4) is 0 Å². The highest BCUT2D eigenvalue weighted by Gasteiger charge is 2.33. The second kappa shape index (κ2) is 6.42. The first kappa shape index (κ1) is 16.4. The number of hydrogen-bond acceptors (Lipinski definition) is 4. The van der Waals surface area contributed by atoms with E-state index in [4.69, 9.17) is 0 Å². The highest BCUT2D eigenvalue weighted by atomic mass is 16.4. The van der Waals surface area contributed by atoms with Gasteiger partial charge in [-0.3, -0.25) is 9.59 Å². The lowest BCUT2D eigenvalue weighted by atomic mass is 9.90. The molecule has 0 spiro atoms. The summed E-state index contributed by atoms with van der Waals surface area (Å²) in [6.07, 6.45) is 2.18. The van der Waals surface area contributed by atoms with Crippen LogP contribution < -0.4 is 0 Å². The molecule has 1 aromatic heterocycles. The molecule has 2 heterocycles. The zero-order chi connectivity index (χ0) is 16.4. The Labute approximate surface area is 130 Å². The van der Waals surface area contributed by atoms with Crippen LogP contribution in [0, 0.1) is 18.8 Å². The molecule has 2 atom stereocenters. The first-order chi connectivity index (χ1) is 10.3. The Balaban J connectivity index is 2.29. The van der Waals surface area contributed by atoms with Gasteiger partial charge in [-0.2, -0.15) is 0 Å². The molecule has 0 bridgehead atoms. The molecule has 120 valence electrons. The third-order valence-electron chi connectivity index (χ3n) is 4.01. The van der Waals surface area contributed by atoms with E-state index in [0.29, 0.717) is 24.4 Å². The first-order valence-electron chi connectivity index (χ1n) is 7.65. The maximum atomic E-state index is 12.8. The van der Waals surface area contributed by atoms with Crippen LogP contribution in [0.1, 0.15) is 55.0 Å². The summed E-state index contributed by atoms with van der Waals surface area (Å²) in [6, 6.07) is 0. The van der Waals surface area contributed by atoms with Gasteiger partial charge in [-0.1, -0.05) is 20.8 Å². The topological polar surface area (TPSA) is 83.4 Å². The van der Waals surface area contributed by atoms with Gasteiger partial charge in [0.25, 0.3) is 5.91 Å². The Morgan fingerprint density at radius 2 is 2.05 bits per heavy atom. The average molecular weight is 305 g/mol. The van der Waals surface area contributed by atoms with E-state index in [2.05, 4.69) is 9.97 Å². The second-order valence-electron chi connectivity index (χ2n) is 6.46. The summed E-state index contributed by atoms with van der Waals surface area (Å²) in [5.41, 5.74) is 1.21. The van der Waals surface area contributed by atoms with Gasteiger partial charge < -0.3 is 10.0 Å². The van der Waals surface area contributed by atoms with Crippen molar-refractivity contribution in [2.75, 3.05) is 13.1 Å². The zero-order valence-corrected chi connectivity index (χ0v) is 13.5. The summed E-state index contributed by atoms with van der Waals surface area (Å²) < 4.78 is 0. The molecule has 1 aromatic rings. The third-order valence-corrected chi connectivity index (χ3v) is 4.01. The number of carboxylic acids is 1. The maximum Gasteiger partial charge on any atom is 0.308 e. The van der Waals surface area contributed by atoms with Gasteiger partial charge >= 0.3 is 5.97 Å². The molecule has 1 aliphatic rings. The largest absolute Gasteiger partial charge is 0.481 e. The quantitative estimate of drug-likeness (QED) is 0.924. The standard InChI is InChI=1S/C16H23N3O3/c1-9(2)14-13(6-17-11(4)18-14)15(20)19-7-10(3)5-12(8-19)16(21)22/h6,9-10,12H,5,7-8H2,1-4H3,(H,21,22). The van der Waals surface area contributed by atoms with Crippen molar-refractivity contribution in [3.8, 4) is 0 Å². The van der Waals surface area contributed by atoms with Gasteiger partial charge in [0.2, 0.25) is 0 Å². The average Bonchev–Trinajstić information content (AvgIpc) is 2.45. The summed E-state index contributed by atoms with van der Waals surface area (Å²) in [7, 11) is 0. The third kappa shape index (κ3) is 3.43. The Morgan fingerprint density at radius 1 is 1.36 bits per heavy atom. The van der Waals surface area contributed by atoms with Crippen molar-refractivity contribution in [2.45, 2.75) is 40.0 Å². The van der Waals surface area contributed by atoms with Crippen LogP contribution in [-0.4, -0.2) is 44.9 Å². The maximum absolute atomic E-state index is 12.8. The van der Waals surface area contributed by atoms with Crippen molar-refractivity contribution in [2.24, 2.45) is 11.8 Å². The van der Waals surface area contributed by atoms with Crippen molar-refractivity contribution in [3.63, 3.8) is 0 Å². The lowest BCUT2D eigenvalue weighted by molar-refractivity contribution is -0.143. The van der Waals surface area contributed by atoms with Crippen LogP contribution >= 0.6 is 0 Å². The van der Waals surface area contributed by atoms with E-state index in [1.54, 1.807) is 18.0 Å². The van der Waals surface area contributed by atoms with E-state index >= 15 is 0 Å². The highest BCUT2D eigenvalue weighted by Crippen LogP contribution is 2.25. The minimum absolute atomic E-state index is 0.109. The predicted octanol–water partition coefficient (Wildman–Crippen LogP) is 2.09. The van der Waals surface area contributed by atoms with Gasteiger partial charge in [0.1, 0.15) is 5.82 Å². The molecule has 0 saturated carbocycles. The molecule has 1 N–H and O–H groups in total. The molecule has 1 fully saturated rings. The number of aliphatic carboxylic acids is 1. The summed E-state index contributed by atoms with van der Waals surface area (Å²) in [5.74, 6) is -0.585. The molecule has 1 aliphatic heterocycles.